The largest absolute Gasteiger partial charge is 0.303 e. The van der Waals surface area contributed by atoms with Gasteiger partial charge in [-0.15, -0.1) is 11.3 Å². The summed E-state index contributed by atoms with van der Waals surface area (Å²) < 4.78 is 27.7. The van der Waals surface area contributed by atoms with E-state index in [2.05, 4.69) is 42.4 Å². The van der Waals surface area contributed by atoms with Crippen molar-refractivity contribution in [3.05, 3.63) is 59.1 Å². The molecule has 1 aromatic heterocycles. The molecule has 150 valence electrons. The van der Waals surface area contributed by atoms with E-state index in [1.54, 1.807) is 35.7 Å². The van der Waals surface area contributed by atoms with Crippen LogP contribution < -0.4 is 15.6 Å². The lowest BCUT2D eigenvalue weighted by Gasteiger charge is -2.32. The first-order valence-electron chi connectivity index (χ1n) is 9.10. The molecule has 6 nitrogen and oxygen atoms in total. The summed E-state index contributed by atoms with van der Waals surface area (Å²) in [6, 6.07) is 9.74. The third-order valence-corrected chi connectivity index (χ3v) is 7.28. The van der Waals surface area contributed by atoms with E-state index in [1.807, 2.05) is 0 Å². The number of carbonyl (C=O) groups is 1. The average Bonchev–Trinajstić information content (AvgIpc) is 3.14. The van der Waals surface area contributed by atoms with Crippen LogP contribution in [0.5, 0.6) is 0 Å². The summed E-state index contributed by atoms with van der Waals surface area (Å²) in [5, 5.41) is 1.69. The summed E-state index contributed by atoms with van der Waals surface area (Å²) in [7, 11) is -3.73. The van der Waals surface area contributed by atoms with E-state index in [-0.39, 0.29) is 20.9 Å². The van der Waals surface area contributed by atoms with Crippen molar-refractivity contribution in [3.63, 3.8) is 0 Å². The summed E-state index contributed by atoms with van der Waals surface area (Å²) >= 11 is 1.12. The van der Waals surface area contributed by atoms with Gasteiger partial charge in [0.15, 0.2) is 0 Å². The van der Waals surface area contributed by atoms with Crippen LogP contribution in [0, 0.1) is 11.3 Å². The first-order chi connectivity index (χ1) is 13.2. The maximum absolute atomic E-state index is 12.7. The number of amides is 1. The van der Waals surface area contributed by atoms with Crippen LogP contribution in [0.25, 0.3) is 0 Å². The zero-order chi connectivity index (χ0) is 20.4. The molecule has 1 aliphatic rings. The van der Waals surface area contributed by atoms with E-state index in [1.165, 1.54) is 6.07 Å². The third kappa shape index (κ3) is 4.94. The Kier molecular flexibility index (Phi) is 5.81. The van der Waals surface area contributed by atoms with Crippen LogP contribution in [0.2, 0.25) is 0 Å². The molecule has 1 aromatic carbocycles. The fourth-order valence-corrected chi connectivity index (χ4v) is 5.68. The van der Waals surface area contributed by atoms with Crippen molar-refractivity contribution in [2.75, 3.05) is 4.72 Å². The Morgan fingerprint density at radius 2 is 1.93 bits per heavy atom. The topological polar surface area (TPSA) is 87.3 Å². The van der Waals surface area contributed by atoms with Gasteiger partial charge in [-0.2, -0.15) is 0 Å². The molecule has 1 atom stereocenters. The van der Waals surface area contributed by atoms with Crippen molar-refractivity contribution in [2.24, 2.45) is 11.3 Å². The van der Waals surface area contributed by atoms with Gasteiger partial charge < -0.3 is 5.43 Å². The number of rotatable bonds is 6. The van der Waals surface area contributed by atoms with Crippen molar-refractivity contribution >= 4 is 33.0 Å². The maximum Gasteiger partial charge on any atom is 0.271 e. The third-order valence-electron chi connectivity index (χ3n) is 4.52. The molecule has 8 heteroatoms. The molecule has 1 heterocycles. The molecule has 0 aliphatic heterocycles. The number of anilines is 1. The van der Waals surface area contributed by atoms with Gasteiger partial charge in [-0.1, -0.05) is 45.0 Å². The highest BCUT2D eigenvalue weighted by Gasteiger charge is 2.26. The SMILES string of the molecule is C[C@H]1CC(NNC(=O)c2ccccc2NS(=O)(=O)c2cccs2)=CC(C)(C)C1. The molecule has 0 saturated heterocycles. The van der Waals surface area contributed by atoms with Crippen LogP contribution in [-0.4, -0.2) is 14.3 Å². The lowest BCUT2D eigenvalue weighted by atomic mass is 9.76. The first kappa shape index (κ1) is 20.4. The van der Waals surface area contributed by atoms with E-state index < -0.39 is 15.9 Å². The van der Waals surface area contributed by atoms with Gasteiger partial charge in [0, 0.05) is 5.70 Å². The van der Waals surface area contributed by atoms with Gasteiger partial charge >= 0.3 is 0 Å². The Hall–Kier alpha value is -2.32. The van der Waals surface area contributed by atoms with Crippen molar-refractivity contribution in [1.29, 1.82) is 0 Å². The summed E-state index contributed by atoms with van der Waals surface area (Å²) in [5.41, 5.74) is 7.23. The molecular formula is C20H25N3O3S2. The Bertz CT molecular complexity index is 980. The molecule has 3 N–H and O–H groups in total. The predicted molar refractivity (Wildman–Crippen MR) is 112 cm³/mol. The van der Waals surface area contributed by atoms with Gasteiger partial charge in [0.1, 0.15) is 4.21 Å². The van der Waals surface area contributed by atoms with Gasteiger partial charge in [0.05, 0.1) is 11.3 Å². The second kappa shape index (κ2) is 7.97. The monoisotopic (exact) mass is 419 g/mol. The summed E-state index contributed by atoms with van der Waals surface area (Å²) in [4.78, 5) is 12.7. The van der Waals surface area contributed by atoms with E-state index in [0.29, 0.717) is 5.92 Å². The Labute approximate surface area is 170 Å². The van der Waals surface area contributed by atoms with E-state index in [9.17, 15) is 13.2 Å². The average molecular weight is 420 g/mol. The highest BCUT2D eigenvalue weighted by molar-refractivity contribution is 7.94. The smallest absolute Gasteiger partial charge is 0.271 e. The van der Waals surface area contributed by atoms with Gasteiger partial charge in [-0.05, 0) is 47.8 Å². The normalized spacial score (nSPS) is 18.8. The zero-order valence-corrected chi connectivity index (χ0v) is 17.8. The molecule has 2 aromatic rings. The summed E-state index contributed by atoms with van der Waals surface area (Å²) in [5.74, 6) is 0.116. The van der Waals surface area contributed by atoms with Crippen molar-refractivity contribution in [2.45, 2.75) is 37.8 Å². The van der Waals surface area contributed by atoms with Crippen LogP contribution in [-0.2, 0) is 10.0 Å². The summed E-state index contributed by atoms with van der Waals surface area (Å²) in [6.07, 6.45) is 4.09. The van der Waals surface area contributed by atoms with Crippen LogP contribution in [0.3, 0.4) is 0 Å². The van der Waals surface area contributed by atoms with E-state index in [4.69, 9.17) is 0 Å². The van der Waals surface area contributed by atoms with Crippen molar-refractivity contribution in [3.8, 4) is 0 Å². The minimum atomic E-state index is -3.73. The van der Waals surface area contributed by atoms with Crippen molar-refractivity contribution < 1.29 is 13.2 Å². The number of thiophene rings is 1. The second-order valence-corrected chi connectivity index (χ2v) is 10.7. The van der Waals surface area contributed by atoms with Crippen LogP contribution in [0.1, 0.15) is 44.0 Å². The number of hydrogen-bond acceptors (Lipinski definition) is 5. The minimum absolute atomic E-state index is 0.0684. The number of carbonyl (C=O) groups excluding carboxylic acids is 1. The predicted octanol–water partition coefficient (Wildman–Crippen LogP) is 4.12. The van der Waals surface area contributed by atoms with Crippen LogP contribution in [0.15, 0.2) is 57.8 Å². The molecule has 0 fully saturated rings. The molecule has 28 heavy (non-hydrogen) atoms. The quantitative estimate of drug-likeness (QED) is 0.615. The Morgan fingerprint density at radius 3 is 2.61 bits per heavy atom. The summed E-state index contributed by atoms with van der Waals surface area (Å²) in [6.45, 7) is 6.52. The minimum Gasteiger partial charge on any atom is -0.303 e. The van der Waals surface area contributed by atoms with Crippen LogP contribution in [0.4, 0.5) is 5.69 Å². The van der Waals surface area contributed by atoms with Gasteiger partial charge in [-0.25, -0.2) is 8.42 Å². The highest BCUT2D eigenvalue weighted by Crippen LogP contribution is 2.35. The number of para-hydroxylation sites is 1. The maximum atomic E-state index is 12.7. The number of sulfonamides is 1. The second-order valence-electron chi connectivity index (χ2n) is 7.83. The molecule has 0 spiro atoms. The van der Waals surface area contributed by atoms with Gasteiger partial charge in [-0.3, -0.25) is 14.9 Å². The van der Waals surface area contributed by atoms with Crippen LogP contribution >= 0.6 is 11.3 Å². The number of benzene rings is 1. The number of allylic oxidation sites excluding steroid dienone is 2. The molecule has 0 bridgehead atoms. The molecule has 0 unspecified atom stereocenters. The molecule has 3 rings (SSSR count). The molecule has 0 saturated carbocycles. The number of hydrogen-bond donors (Lipinski definition) is 3. The highest BCUT2D eigenvalue weighted by atomic mass is 32.2. The standard InChI is InChI=1S/C20H25N3O3S2/c1-14-11-15(13-20(2,3)12-14)21-22-19(24)16-7-4-5-8-17(16)23-28(25,26)18-9-6-10-27-18/h4-10,13-14,21,23H,11-12H2,1-3H3,(H,22,24)/t14-/m0/s1. The first-order valence-corrected chi connectivity index (χ1v) is 11.5. The molecule has 0 radical (unpaired) electrons. The fraction of sp³-hybridized carbons (Fsp3) is 0.350. The van der Waals surface area contributed by atoms with Gasteiger partial charge in [0.25, 0.3) is 15.9 Å². The lowest BCUT2D eigenvalue weighted by Crippen LogP contribution is -2.39. The fourth-order valence-electron chi connectivity index (χ4n) is 3.61. The van der Waals surface area contributed by atoms with E-state index >= 15 is 0 Å². The number of nitrogens with one attached hydrogen (secondary N) is 3. The Morgan fingerprint density at radius 1 is 1.18 bits per heavy atom. The zero-order valence-electron chi connectivity index (χ0n) is 16.2. The Balaban J connectivity index is 1.74. The lowest BCUT2D eigenvalue weighted by molar-refractivity contribution is 0.0937. The molecule has 1 aliphatic carbocycles. The van der Waals surface area contributed by atoms with E-state index in [0.717, 1.165) is 29.9 Å². The molecular weight excluding hydrogens is 394 g/mol. The number of hydrazine groups is 1. The van der Waals surface area contributed by atoms with Gasteiger partial charge in [0.2, 0.25) is 0 Å². The molecule has 1 amide bonds. The van der Waals surface area contributed by atoms with Crippen molar-refractivity contribution in [1.82, 2.24) is 10.9 Å².